The molecule has 2 aromatic rings. The average molecular weight is 513 g/mol. The van der Waals surface area contributed by atoms with Gasteiger partial charge in [0, 0.05) is 19.3 Å². The van der Waals surface area contributed by atoms with Crippen molar-refractivity contribution in [3.05, 3.63) is 57.6 Å². The number of ether oxygens (including phenoxy) is 3. The summed E-state index contributed by atoms with van der Waals surface area (Å²) in [7, 11) is 0. The summed E-state index contributed by atoms with van der Waals surface area (Å²) in [5.41, 5.74) is 4.62. The summed E-state index contributed by atoms with van der Waals surface area (Å²) in [6, 6.07) is 7.58. The Bertz CT molecular complexity index is 1080. The van der Waals surface area contributed by atoms with Gasteiger partial charge >= 0.3 is 17.9 Å². The van der Waals surface area contributed by atoms with Crippen LogP contribution in [-0.2, 0) is 36.7 Å². The molecule has 1 N–H and O–H groups in total. The number of phenols is 1. The molecule has 0 unspecified atom stereocenters. The van der Waals surface area contributed by atoms with Gasteiger partial charge in [-0.15, -0.1) is 0 Å². The highest BCUT2D eigenvalue weighted by Crippen LogP contribution is 2.28. The lowest BCUT2D eigenvalue weighted by Crippen LogP contribution is -2.26. The fourth-order valence-corrected chi connectivity index (χ4v) is 3.85. The van der Waals surface area contributed by atoms with Crippen molar-refractivity contribution in [1.82, 2.24) is 0 Å². The first kappa shape index (κ1) is 29.9. The minimum atomic E-state index is -0.591. The third-order valence-electron chi connectivity index (χ3n) is 5.93. The molecule has 0 spiro atoms. The number of aromatic hydroxyl groups is 1. The molecule has 0 aliphatic rings. The molecule has 0 aliphatic heterocycles. The van der Waals surface area contributed by atoms with E-state index >= 15 is 0 Å². The maximum Gasteiger partial charge on any atom is 0.316 e. The van der Waals surface area contributed by atoms with Gasteiger partial charge < -0.3 is 19.3 Å². The molecule has 0 aliphatic carbocycles. The second-order valence-corrected chi connectivity index (χ2v) is 10.6. The van der Waals surface area contributed by atoms with Gasteiger partial charge in [-0.05, 0) is 94.7 Å². The maximum absolute atomic E-state index is 12.2. The molecule has 0 bridgehead atoms. The summed E-state index contributed by atoms with van der Waals surface area (Å²) >= 11 is 0. The number of phenolic OH excluding ortho intramolecular Hbond substituents is 1. The SMILES string of the molecule is Cc1cc(CCC(=O)OCCCOC(=O)CCc2cc(C)c(OC(=O)C(C)(C)C)c(C)c2)cc(C)c1O. The number of esters is 3. The molecule has 0 saturated heterocycles. The lowest BCUT2D eigenvalue weighted by molar-refractivity contribution is -0.146. The normalized spacial score (nSPS) is 11.2. The molecular weight excluding hydrogens is 472 g/mol. The molecule has 2 rings (SSSR count). The number of carbonyl (C=O) groups excluding carboxylic acids is 3. The first-order valence-electron chi connectivity index (χ1n) is 12.7. The Labute approximate surface area is 220 Å². The number of hydrogen-bond acceptors (Lipinski definition) is 7. The lowest BCUT2D eigenvalue weighted by atomic mass is 9.97. The van der Waals surface area contributed by atoms with E-state index in [1.54, 1.807) is 0 Å². The van der Waals surface area contributed by atoms with Crippen LogP contribution in [0.15, 0.2) is 24.3 Å². The molecule has 0 amide bonds. The quantitative estimate of drug-likeness (QED) is 0.237. The molecule has 7 nitrogen and oxygen atoms in total. The van der Waals surface area contributed by atoms with Gasteiger partial charge in [0.15, 0.2) is 0 Å². The molecule has 202 valence electrons. The van der Waals surface area contributed by atoms with E-state index in [2.05, 4.69) is 0 Å². The minimum Gasteiger partial charge on any atom is -0.507 e. The Morgan fingerprint density at radius 2 is 1.14 bits per heavy atom. The van der Waals surface area contributed by atoms with Crippen LogP contribution in [0.3, 0.4) is 0 Å². The number of hydrogen-bond donors (Lipinski definition) is 1. The van der Waals surface area contributed by atoms with Gasteiger partial charge in [0.2, 0.25) is 0 Å². The first-order valence-corrected chi connectivity index (χ1v) is 12.7. The molecule has 2 aromatic carbocycles. The monoisotopic (exact) mass is 512 g/mol. The van der Waals surface area contributed by atoms with E-state index < -0.39 is 5.41 Å². The second-order valence-electron chi connectivity index (χ2n) is 10.6. The van der Waals surface area contributed by atoms with Crippen LogP contribution in [0.4, 0.5) is 0 Å². The van der Waals surface area contributed by atoms with Crippen LogP contribution in [-0.4, -0.2) is 36.2 Å². The Morgan fingerprint density at radius 1 is 0.730 bits per heavy atom. The van der Waals surface area contributed by atoms with Crippen LogP contribution in [0.2, 0.25) is 0 Å². The Balaban J connectivity index is 1.67. The molecule has 0 fully saturated rings. The van der Waals surface area contributed by atoms with Crippen molar-refractivity contribution in [3.8, 4) is 11.5 Å². The molecular formula is C30H40O7. The lowest BCUT2D eigenvalue weighted by Gasteiger charge is -2.19. The standard InChI is InChI=1S/C30H40O7/c1-19-15-23(16-20(2)27(19)33)9-11-25(31)35-13-8-14-36-26(32)12-10-24-17-21(3)28(22(4)18-24)37-29(34)30(5,6)7/h15-18,33H,8-14H2,1-7H3. The van der Waals surface area contributed by atoms with Gasteiger partial charge in [0.1, 0.15) is 11.5 Å². The number of aryl methyl sites for hydroxylation is 6. The van der Waals surface area contributed by atoms with E-state index in [-0.39, 0.29) is 49.7 Å². The van der Waals surface area contributed by atoms with Crippen LogP contribution < -0.4 is 4.74 Å². The van der Waals surface area contributed by atoms with Crippen molar-refractivity contribution in [1.29, 1.82) is 0 Å². The van der Waals surface area contributed by atoms with Gasteiger partial charge in [0.05, 0.1) is 18.6 Å². The fourth-order valence-electron chi connectivity index (χ4n) is 3.85. The largest absolute Gasteiger partial charge is 0.507 e. The van der Waals surface area contributed by atoms with Gasteiger partial charge in [-0.1, -0.05) is 24.3 Å². The van der Waals surface area contributed by atoms with Gasteiger partial charge in [-0.3, -0.25) is 14.4 Å². The fraction of sp³-hybridized carbons (Fsp3) is 0.500. The van der Waals surface area contributed by atoms with Crippen LogP contribution in [0, 0.1) is 33.1 Å². The molecule has 0 atom stereocenters. The molecule has 7 heteroatoms. The predicted octanol–water partition coefficient (Wildman–Crippen LogP) is 5.62. The Morgan fingerprint density at radius 3 is 1.54 bits per heavy atom. The number of carbonyl (C=O) groups is 3. The third-order valence-corrected chi connectivity index (χ3v) is 5.93. The van der Waals surface area contributed by atoms with Crippen molar-refractivity contribution >= 4 is 17.9 Å². The van der Waals surface area contributed by atoms with Crippen molar-refractivity contribution < 1.29 is 33.7 Å². The minimum absolute atomic E-state index is 0.183. The summed E-state index contributed by atoms with van der Waals surface area (Å²) in [4.78, 5) is 36.3. The maximum atomic E-state index is 12.2. The number of benzene rings is 2. The highest BCUT2D eigenvalue weighted by atomic mass is 16.5. The van der Waals surface area contributed by atoms with Crippen LogP contribution >= 0.6 is 0 Å². The zero-order chi connectivity index (χ0) is 27.8. The van der Waals surface area contributed by atoms with E-state index in [4.69, 9.17) is 14.2 Å². The highest BCUT2D eigenvalue weighted by molar-refractivity contribution is 5.78. The van der Waals surface area contributed by atoms with E-state index in [1.807, 2.05) is 72.7 Å². The van der Waals surface area contributed by atoms with Crippen molar-refractivity contribution in [2.45, 2.75) is 80.6 Å². The van der Waals surface area contributed by atoms with Crippen LogP contribution in [0.25, 0.3) is 0 Å². The summed E-state index contributed by atoms with van der Waals surface area (Å²) in [5, 5.41) is 9.84. The zero-order valence-corrected chi connectivity index (χ0v) is 23.2. The first-order chi connectivity index (χ1) is 17.3. The third kappa shape index (κ3) is 9.56. The summed E-state index contributed by atoms with van der Waals surface area (Å²) in [6.07, 6.45) is 1.95. The average Bonchev–Trinajstić information content (AvgIpc) is 2.81. The highest BCUT2D eigenvalue weighted by Gasteiger charge is 2.25. The second kappa shape index (κ2) is 13.3. The van der Waals surface area contributed by atoms with Gasteiger partial charge in [0.25, 0.3) is 0 Å². The molecule has 37 heavy (non-hydrogen) atoms. The zero-order valence-electron chi connectivity index (χ0n) is 23.2. The van der Waals surface area contributed by atoms with Crippen LogP contribution in [0.1, 0.15) is 73.4 Å². The van der Waals surface area contributed by atoms with E-state index in [9.17, 15) is 19.5 Å². The van der Waals surface area contributed by atoms with Gasteiger partial charge in [-0.2, -0.15) is 0 Å². The topological polar surface area (TPSA) is 99.1 Å². The summed E-state index contributed by atoms with van der Waals surface area (Å²) < 4.78 is 16.1. The van der Waals surface area contributed by atoms with E-state index in [0.717, 1.165) is 33.4 Å². The van der Waals surface area contributed by atoms with Crippen LogP contribution in [0.5, 0.6) is 11.5 Å². The molecule has 0 aromatic heterocycles. The molecule has 0 heterocycles. The van der Waals surface area contributed by atoms with Crippen molar-refractivity contribution in [2.75, 3.05) is 13.2 Å². The van der Waals surface area contributed by atoms with Gasteiger partial charge in [-0.25, -0.2) is 0 Å². The number of rotatable bonds is 11. The summed E-state index contributed by atoms with van der Waals surface area (Å²) in [6.45, 7) is 13.2. The summed E-state index contributed by atoms with van der Waals surface area (Å²) in [5.74, 6) is -0.0692. The smallest absolute Gasteiger partial charge is 0.316 e. The molecule has 0 radical (unpaired) electrons. The Hall–Kier alpha value is -3.35. The van der Waals surface area contributed by atoms with E-state index in [0.29, 0.717) is 25.0 Å². The molecule has 0 saturated carbocycles. The van der Waals surface area contributed by atoms with E-state index in [1.165, 1.54) is 0 Å². The predicted molar refractivity (Wildman–Crippen MR) is 142 cm³/mol. The van der Waals surface area contributed by atoms with Crippen molar-refractivity contribution in [3.63, 3.8) is 0 Å². The van der Waals surface area contributed by atoms with Crippen molar-refractivity contribution in [2.24, 2.45) is 5.41 Å². The Kier molecular flexibility index (Phi) is 10.7.